The molecule has 16 heavy (non-hydrogen) atoms. The zero-order valence-electron chi connectivity index (χ0n) is 9.09. The third-order valence-electron chi connectivity index (χ3n) is 2.59. The van der Waals surface area contributed by atoms with Gasteiger partial charge in [0, 0.05) is 25.2 Å². The Bertz CT molecular complexity index is 468. The molecule has 0 saturated carbocycles. The Morgan fingerprint density at radius 1 is 1.69 bits per heavy atom. The number of aryl methyl sites for hydroxylation is 1. The van der Waals surface area contributed by atoms with Crippen LogP contribution in [-0.2, 0) is 15.8 Å². The highest BCUT2D eigenvalue weighted by Crippen LogP contribution is 2.16. The highest BCUT2D eigenvalue weighted by molar-refractivity contribution is 7.88. The lowest BCUT2D eigenvalue weighted by Crippen LogP contribution is -2.32. The second kappa shape index (κ2) is 4.15. The van der Waals surface area contributed by atoms with Crippen LogP contribution >= 0.6 is 0 Å². The first kappa shape index (κ1) is 11.6. The van der Waals surface area contributed by atoms with Crippen LogP contribution in [-0.4, -0.2) is 37.0 Å². The summed E-state index contributed by atoms with van der Waals surface area (Å²) in [6, 6.07) is 1.59. The van der Waals surface area contributed by atoms with Crippen molar-refractivity contribution in [1.29, 1.82) is 0 Å². The minimum absolute atomic E-state index is 0.0474. The Labute approximate surface area is 94.4 Å². The van der Waals surface area contributed by atoms with Crippen molar-refractivity contribution in [2.45, 2.75) is 25.1 Å². The van der Waals surface area contributed by atoms with Crippen LogP contribution in [0.2, 0.25) is 0 Å². The molecule has 0 amide bonds. The van der Waals surface area contributed by atoms with Gasteiger partial charge in [0.2, 0.25) is 10.0 Å². The van der Waals surface area contributed by atoms with Gasteiger partial charge in [-0.15, -0.1) is 0 Å². The molecule has 7 heteroatoms. The van der Waals surface area contributed by atoms with Crippen molar-refractivity contribution in [3.05, 3.63) is 17.5 Å². The van der Waals surface area contributed by atoms with Gasteiger partial charge >= 0.3 is 0 Å². The molecule has 2 rings (SSSR count). The van der Waals surface area contributed by atoms with E-state index in [1.54, 1.807) is 13.0 Å². The van der Waals surface area contributed by atoms with Crippen LogP contribution in [0.5, 0.6) is 0 Å². The molecule has 1 atom stereocenters. The van der Waals surface area contributed by atoms with Crippen molar-refractivity contribution in [2.75, 3.05) is 13.1 Å². The van der Waals surface area contributed by atoms with Crippen LogP contribution in [0.25, 0.3) is 0 Å². The van der Waals surface area contributed by atoms with E-state index in [0.717, 1.165) is 6.42 Å². The second-order valence-corrected chi connectivity index (χ2v) is 6.06. The molecule has 0 bridgehead atoms. The van der Waals surface area contributed by atoms with E-state index >= 15 is 0 Å². The fourth-order valence-electron chi connectivity index (χ4n) is 1.77. The summed E-state index contributed by atoms with van der Waals surface area (Å²) in [6.07, 6.45) is 0.719. The van der Waals surface area contributed by atoms with Crippen LogP contribution in [0, 0.1) is 6.92 Å². The van der Waals surface area contributed by atoms with Crippen molar-refractivity contribution in [2.24, 2.45) is 5.73 Å². The van der Waals surface area contributed by atoms with Crippen molar-refractivity contribution in [1.82, 2.24) is 9.46 Å². The first-order valence-electron chi connectivity index (χ1n) is 5.13. The van der Waals surface area contributed by atoms with Gasteiger partial charge in [0.15, 0.2) is 0 Å². The zero-order chi connectivity index (χ0) is 11.8. The normalized spacial score (nSPS) is 22.8. The topological polar surface area (TPSA) is 89.4 Å². The predicted octanol–water partition coefficient (Wildman–Crippen LogP) is -0.154. The monoisotopic (exact) mass is 245 g/mol. The van der Waals surface area contributed by atoms with Gasteiger partial charge in [0.1, 0.15) is 17.2 Å². The average molecular weight is 245 g/mol. The van der Waals surface area contributed by atoms with E-state index in [0.29, 0.717) is 24.5 Å². The summed E-state index contributed by atoms with van der Waals surface area (Å²) in [5.74, 6) is 0.500. The van der Waals surface area contributed by atoms with E-state index < -0.39 is 10.0 Å². The molecule has 1 aliphatic heterocycles. The van der Waals surface area contributed by atoms with Gasteiger partial charge in [-0.25, -0.2) is 8.42 Å². The summed E-state index contributed by atoms with van der Waals surface area (Å²) >= 11 is 0. The molecule has 1 aliphatic rings. The lowest BCUT2D eigenvalue weighted by atomic mass is 10.3. The van der Waals surface area contributed by atoms with E-state index in [-0.39, 0.29) is 11.8 Å². The molecule has 0 aliphatic carbocycles. The van der Waals surface area contributed by atoms with Crippen LogP contribution in [0.4, 0.5) is 0 Å². The highest BCUT2D eigenvalue weighted by atomic mass is 32.2. The molecular weight excluding hydrogens is 230 g/mol. The van der Waals surface area contributed by atoms with Crippen molar-refractivity contribution in [3.63, 3.8) is 0 Å². The highest BCUT2D eigenvalue weighted by Gasteiger charge is 2.30. The third-order valence-corrected chi connectivity index (χ3v) is 4.37. The van der Waals surface area contributed by atoms with E-state index in [9.17, 15) is 8.42 Å². The number of nitrogens with zero attached hydrogens (tertiary/aromatic N) is 2. The predicted molar refractivity (Wildman–Crippen MR) is 58.0 cm³/mol. The molecule has 0 aromatic carbocycles. The Balaban J connectivity index is 2.08. The zero-order valence-corrected chi connectivity index (χ0v) is 9.90. The van der Waals surface area contributed by atoms with Crippen molar-refractivity contribution >= 4 is 10.0 Å². The van der Waals surface area contributed by atoms with Crippen molar-refractivity contribution < 1.29 is 12.9 Å². The van der Waals surface area contributed by atoms with E-state index in [4.69, 9.17) is 10.3 Å². The number of sulfonamides is 1. The molecule has 0 spiro atoms. The SMILES string of the molecule is Cc1cc(CS(=O)(=O)N2CCC(N)C2)no1. The second-order valence-electron chi connectivity index (χ2n) is 4.09. The summed E-state index contributed by atoms with van der Waals surface area (Å²) in [7, 11) is -3.30. The Morgan fingerprint density at radius 2 is 2.44 bits per heavy atom. The van der Waals surface area contributed by atoms with Gasteiger partial charge < -0.3 is 10.3 Å². The van der Waals surface area contributed by atoms with Crippen molar-refractivity contribution in [3.8, 4) is 0 Å². The maximum absolute atomic E-state index is 11.9. The average Bonchev–Trinajstić information content (AvgIpc) is 2.75. The lowest BCUT2D eigenvalue weighted by molar-refractivity contribution is 0.391. The number of rotatable bonds is 3. The smallest absolute Gasteiger partial charge is 0.220 e. The molecule has 2 N–H and O–H groups in total. The number of nitrogens with two attached hydrogens (primary N) is 1. The summed E-state index contributed by atoms with van der Waals surface area (Å²) < 4.78 is 30.1. The fourth-order valence-corrected chi connectivity index (χ4v) is 3.27. The van der Waals surface area contributed by atoms with E-state index in [1.807, 2.05) is 0 Å². The molecule has 1 unspecified atom stereocenters. The summed E-state index contributed by atoms with van der Waals surface area (Å²) in [5, 5.41) is 3.68. The lowest BCUT2D eigenvalue weighted by Gasteiger charge is -2.14. The quantitative estimate of drug-likeness (QED) is 0.799. The van der Waals surface area contributed by atoms with Gasteiger partial charge in [0.25, 0.3) is 0 Å². The molecule has 2 heterocycles. The summed E-state index contributed by atoms with van der Waals surface area (Å²) in [5.41, 5.74) is 6.12. The number of hydrogen-bond acceptors (Lipinski definition) is 5. The number of hydrogen-bond donors (Lipinski definition) is 1. The van der Waals surface area contributed by atoms with Crippen LogP contribution in [0.3, 0.4) is 0 Å². The maximum atomic E-state index is 11.9. The molecule has 1 aromatic rings. The van der Waals surface area contributed by atoms with Crippen LogP contribution in [0.1, 0.15) is 17.9 Å². The van der Waals surface area contributed by atoms with Gasteiger partial charge in [-0.1, -0.05) is 5.16 Å². The molecule has 1 aromatic heterocycles. The Hall–Kier alpha value is -0.920. The first-order chi connectivity index (χ1) is 7.47. The van der Waals surface area contributed by atoms with E-state index in [1.165, 1.54) is 4.31 Å². The number of aromatic nitrogens is 1. The van der Waals surface area contributed by atoms with E-state index in [2.05, 4.69) is 5.16 Å². The van der Waals surface area contributed by atoms with Crippen LogP contribution in [0.15, 0.2) is 10.6 Å². The standard InChI is InChI=1S/C9H15N3O3S/c1-7-4-9(11-15-7)6-16(13,14)12-3-2-8(10)5-12/h4,8H,2-3,5-6,10H2,1H3. The molecular formula is C9H15N3O3S. The minimum atomic E-state index is -3.30. The first-order valence-corrected chi connectivity index (χ1v) is 6.74. The van der Waals surface area contributed by atoms with Gasteiger partial charge in [-0.2, -0.15) is 4.31 Å². The van der Waals surface area contributed by atoms with Gasteiger partial charge in [-0.05, 0) is 13.3 Å². The van der Waals surface area contributed by atoms with Gasteiger partial charge in [0.05, 0.1) is 0 Å². The Kier molecular flexibility index (Phi) is 3.00. The largest absolute Gasteiger partial charge is 0.361 e. The molecule has 0 radical (unpaired) electrons. The minimum Gasteiger partial charge on any atom is -0.361 e. The molecule has 1 saturated heterocycles. The third kappa shape index (κ3) is 2.42. The molecule has 6 nitrogen and oxygen atoms in total. The Morgan fingerprint density at radius 3 is 2.94 bits per heavy atom. The van der Waals surface area contributed by atoms with Gasteiger partial charge in [-0.3, -0.25) is 0 Å². The molecule has 1 fully saturated rings. The fraction of sp³-hybridized carbons (Fsp3) is 0.667. The maximum Gasteiger partial charge on any atom is 0.220 e. The molecule has 90 valence electrons. The van der Waals surface area contributed by atoms with Crippen LogP contribution < -0.4 is 5.73 Å². The summed E-state index contributed by atoms with van der Waals surface area (Å²) in [6.45, 7) is 2.63. The summed E-state index contributed by atoms with van der Waals surface area (Å²) in [4.78, 5) is 0.